The van der Waals surface area contributed by atoms with E-state index in [4.69, 9.17) is 5.84 Å². The molecule has 1 aromatic heterocycles. The highest BCUT2D eigenvalue weighted by Crippen LogP contribution is 2.18. The van der Waals surface area contributed by atoms with Crippen molar-refractivity contribution in [2.75, 3.05) is 5.43 Å². The standard InChI is InChI=1S/C10H11N3/c1-7-6-8-4-2-3-5-9(8)12-10(7)13-11/h2-6H,11H2,1H3,(H,12,13). The lowest BCUT2D eigenvalue weighted by molar-refractivity contribution is 1.23. The minimum Gasteiger partial charge on any atom is -0.308 e. The summed E-state index contributed by atoms with van der Waals surface area (Å²) in [7, 11) is 0. The average Bonchev–Trinajstić information content (AvgIpc) is 2.17. The Hall–Kier alpha value is -1.61. The van der Waals surface area contributed by atoms with Gasteiger partial charge in [-0.15, -0.1) is 0 Å². The average molecular weight is 173 g/mol. The molecule has 13 heavy (non-hydrogen) atoms. The molecule has 3 nitrogen and oxygen atoms in total. The van der Waals surface area contributed by atoms with E-state index in [-0.39, 0.29) is 0 Å². The van der Waals surface area contributed by atoms with Crippen LogP contribution in [0.15, 0.2) is 30.3 Å². The van der Waals surface area contributed by atoms with Gasteiger partial charge in [-0.3, -0.25) is 0 Å². The first kappa shape index (κ1) is 8.01. The number of hydrazine groups is 1. The van der Waals surface area contributed by atoms with Crippen molar-refractivity contribution in [2.45, 2.75) is 6.92 Å². The van der Waals surface area contributed by atoms with Gasteiger partial charge in [-0.1, -0.05) is 18.2 Å². The van der Waals surface area contributed by atoms with Gasteiger partial charge >= 0.3 is 0 Å². The lowest BCUT2D eigenvalue weighted by Gasteiger charge is -2.05. The third kappa shape index (κ3) is 1.34. The van der Waals surface area contributed by atoms with Crippen LogP contribution in [0.4, 0.5) is 5.82 Å². The summed E-state index contributed by atoms with van der Waals surface area (Å²) in [6.45, 7) is 1.98. The largest absolute Gasteiger partial charge is 0.308 e. The highest BCUT2D eigenvalue weighted by atomic mass is 15.2. The number of nitrogens with zero attached hydrogens (tertiary/aromatic N) is 1. The predicted molar refractivity (Wildman–Crippen MR) is 54.3 cm³/mol. The summed E-state index contributed by atoms with van der Waals surface area (Å²) in [5.74, 6) is 6.06. The van der Waals surface area contributed by atoms with Gasteiger partial charge < -0.3 is 5.43 Å². The first-order chi connectivity index (χ1) is 6.31. The fourth-order valence-corrected chi connectivity index (χ4v) is 1.37. The summed E-state index contributed by atoms with van der Waals surface area (Å²) in [5.41, 5.74) is 4.59. The Bertz CT molecular complexity index is 437. The molecule has 0 amide bonds. The number of nitrogens with one attached hydrogen (secondary N) is 1. The Kier molecular flexibility index (Phi) is 1.87. The van der Waals surface area contributed by atoms with Crippen molar-refractivity contribution in [1.82, 2.24) is 4.98 Å². The Balaban J connectivity index is 2.74. The van der Waals surface area contributed by atoms with Crippen LogP contribution in [-0.2, 0) is 0 Å². The number of rotatable bonds is 1. The van der Waals surface area contributed by atoms with E-state index in [9.17, 15) is 0 Å². The molecule has 0 bridgehead atoms. The second-order valence-electron chi connectivity index (χ2n) is 2.99. The molecule has 3 N–H and O–H groups in total. The molecular weight excluding hydrogens is 162 g/mol. The van der Waals surface area contributed by atoms with Crippen molar-refractivity contribution in [3.05, 3.63) is 35.9 Å². The first-order valence-corrected chi connectivity index (χ1v) is 4.14. The van der Waals surface area contributed by atoms with Gasteiger partial charge in [-0.25, -0.2) is 10.8 Å². The molecule has 0 aliphatic carbocycles. The number of aryl methyl sites for hydroxylation is 1. The molecule has 0 unspecified atom stereocenters. The number of hydrogen-bond acceptors (Lipinski definition) is 3. The third-order valence-corrected chi connectivity index (χ3v) is 2.05. The number of benzene rings is 1. The van der Waals surface area contributed by atoms with Crippen LogP contribution in [0.2, 0.25) is 0 Å². The van der Waals surface area contributed by atoms with Crippen LogP contribution in [0.3, 0.4) is 0 Å². The number of hydrogen-bond donors (Lipinski definition) is 2. The molecular formula is C10H11N3. The van der Waals surface area contributed by atoms with E-state index in [1.807, 2.05) is 31.2 Å². The van der Waals surface area contributed by atoms with E-state index >= 15 is 0 Å². The monoisotopic (exact) mass is 173 g/mol. The normalized spacial score (nSPS) is 10.3. The highest BCUT2D eigenvalue weighted by molar-refractivity contribution is 5.81. The maximum atomic E-state index is 5.33. The van der Waals surface area contributed by atoms with Crippen molar-refractivity contribution in [2.24, 2.45) is 5.84 Å². The van der Waals surface area contributed by atoms with Gasteiger partial charge in [0.2, 0.25) is 0 Å². The van der Waals surface area contributed by atoms with Crippen molar-refractivity contribution in [1.29, 1.82) is 0 Å². The van der Waals surface area contributed by atoms with E-state index in [2.05, 4.69) is 16.5 Å². The number of nitrogens with two attached hydrogens (primary N) is 1. The maximum Gasteiger partial charge on any atom is 0.143 e. The van der Waals surface area contributed by atoms with E-state index in [0.717, 1.165) is 22.3 Å². The molecule has 0 atom stereocenters. The molecule has 0 radical (unpaired) electrons. The predicted octanol–water partition coefficient (Wildman–Crippen LogP) is 1.83. The molecule has 3 heteroatoms. The fourth-order valence-electron chi connectivity index (χ4n) is 1.37. The molecule has 1 aromatic carbocycles. The quantitative estimate of drug-likeness (QED) is 0.511. The molecule has 1 heterocycles. The maximum absolute atomic E-state index is 5.33. The van der Waals surface area contributed by atoms with E-state index in [1.54, 1.807) is 0 Å². The fraction of sp³-hybridized carbons (Fsp3) is 0.100. The van der Waals surface area contributed by atoms with Crippen molar-refractivity contribution >= 4 is 16.7 Å². The van der Waals surface area contributed by atoms with Crippen LogP contribution >= 0.6 is 0 Å². The van der Waals surface area contributed by atoms with E-state index < -0.39 is 0 Å². The summed E-state index contributed by atoms with van der Waals surface area (Å²) in [6, 6.07) is 10.0. The molecule has 66 valence electrons. The second-order valence-corrected chi connectivity index (χ2v) is 2.99. The zero-order valence-electron chi connectivity index (χ0n) is 7.41. The minimum absolute atomic E-state index is 0.735. The molecule has 0 aliphatic rings. The van der Waals surface area contributed by atoms with Gasteiger partial charge in [0.1, 0.15) is 5.82 Å². The van der Waals surface area contributed by atoms with Crippen LogP contribution in [0, 0.1) is 6.92 Å². The molecule has 2 aromatic rings. The van der Waals surface area contributed by atoms with Crippen molar-refractivity contribution in [3.8, 4) is 0 Å². The Morgan fingerprint density at radius 2 is 2.08 bits per heavy atom. The molecule has 0 aliphatic heterocycles. The smallest absolute Gasteiger partial charge is 0.143 e. The van der Waals surface area contributed by atoms with Crippen LogP contribution in [-0.4, -0.2) is 4.98 Å². The Morgan fingerprint density at radius 3 is 2.85 bits per heavy atom. The lowest BCUT2D eigenvalue weighted by Crippen LogP contribution is -2.09. The SMILES string of the molecule is Cc1cc2ccccc2nc1NN. The minimum atomic E-state index is 0.735. The Morgan fingerprint density at radius 1 is 1.31 bits per heavy atom. The zero-order valence-corrected chi connectivity index (χ0v) is 7.41. The summed E-state index contributed by atoms with van der Waals surface area (Å²) in [5, 5.41) is 1.14. The van der Waals surface area contributed by atoms with Gasteiger partial charge in [0.15, 0.2) is 0 Å². The first-order valence-electron chi connectivity index (χ1n) is 4.14. The second kappa shape index (κ2) is 3.03. The summed E-state index contributed by atoms with van der Waals surface area (Å²) in [4.78, 5) is 4.36. The van der Waals surface area contributed by atoms with Crippen LogP contribution in [0.1, 0.15) is 5.56 Å². The van der Waals surface area contributed by atoms with Crippen molar-refractivity contribution < 1.29 is 0 Å². The van der Waals surface area contributed by atoms with Crippen LogP contribution in [0.5, 0.6) is 0 Å². The van der Waals surface area contributed by atoms with Gasteiger partial charge in [-0.2, -0.15) is 0 Å². The molecule has 0 fully saturated rings. The van der Waals surface area contributed by atoms with Gasteiger partial charge in [-0.05, 0) is 24.6 Å². The molecule has 0 saturated carbocycles. The van der Waals surface area contributed by atoms with Crippen LogP contribution in [0.25, 0.3) is 10.9 Å². The van der Waals surface area contributed by atoms with Crippen molar-refractivity contribution in [3.63, 3.8) is 0 Å². The third-order valence-electron chi connectivity index (χ3n) is 2.05. The van der Waals surface area contributed by atoms with Gasteiger partial charge in [0, 0.05) is 5.39 Å². The molecule has 0 spiro atoms. The molecule has 0 saturated heterocycles. The van der Waals surface area contributed by atoms with Gasteiger partial charge in [0.05, 0.1) is 5.52 Å². The number of nitrogen functional groups attached to an aromatic ring is 1. The van der Waals surface area contributed by atoms with E-state index in [1.165, 1.54) is 0 Å². The highest BCUT2D eigenvalue weighted by Gasteiger charge is 1.99. The van der Waals surface area contributed by atoms with Crippen LogP contribution < -0.4 is 11.3 Å². The number of pyridine rings is 1. The molecule has 2 rings (SSSR count). The lowest BCUT2D eigenvalue weighted by atomic mass is 10.1. The number of aromatic nitrogens is 1. The zero-order chi connectivity index (χ0) is 9.26. The summed E-state index contributed by atoms with van der Waals surface area (Å²) in [6.07, 6.45) is 0. The summed E-state index contributed by atoms with van der Waals surface area (Å²) >= 11 is 0. The number of fused-ring (bicyclic) bond motifs is 1. The summed E-state index contributed by atoms with van der Waals surface area (Å²) < 4.78 is 0. The number of anilines is 1. The van der Waals surface area contributed by atoms with Gasteiger partial charge in [0.25, 0.3) is 0 Å². The topological polar surface area (TPSA) is 50.9 Å². The van der Waals surface area contributed by atoms with E-state index in [0.29, 0.717) is 0 Å². The Labute approximate surface area is 76.6 Å². The number of para-hydroxylation sites is 1.